The molecule has 0 saturated carbocycles. The van der Waals surface area contributed by atoms with Gasteiger partial charge in [-0.2, -0.15) is 0 Å². The summed E-state index contributed by atoms with van der Waals surface area (Å²) >= 11 is 3.46. The van der Waals surface area contributed by atoms with Crippen molar-refractivity contribution in [2.24, 2.45) is 0 Å². The van der Waals surface area contributed by atoms with Gasteiger partial charge in [0.2, 0.25) is 0 Å². The smallest absolute Gasteiger partial charge is 0.354 e. The molecule has 0 fully saturated rings. The zero-order valence-electron chi connectivity index (χ0n) is 11.9. The van der Waals surface area contributed by atoms with Crippen LogP contribution in [0, 0.1) is 6.92 Å². The summed E-state index contributed by atoms with van der Waals surface area (Å²) in [5.74, 6) is -1.02. The second kappa shape index (κ2) is 5.85. The topological polar surface area (TPSA) is 63.1 Å². The molecule has 3 rings (SSSR count). The molecule has 0 bridgehead atoms. The van der Waals surface area contributed by atoms with E-state index in [1.807, 2.05) is 12.1 Å². The van der Waals surface area contributed by atoms with Gasteiger partial charge in [0, 0.05) is 16.5 Å². The summed E-state index contributed by atoms with van der Waals surface area (Å²) in [6.45, 7) is 1.75. The van der Waals surface area contributed by atoms with Crippen LogP contribution in [0.1, 0.15) is 27.3 Å². The van der Waals surface area contributed by atoms with Crippen LogP contribution in [0.3, 0.4) is 0 Å². The van der Waals surface area contributed by atoms with Crippen molar-refractivity contribution in [2.45, 2.75) is 13.3 Å². The summed E-state index contributed by atoms with van der Waals surface area (Å²) in [5.41, 5.74) is 2.51. The van der Waals surface area contributed by atoms with Crippen molar-refractivity contribution in [1.82, 2.24) is 9.97 Å². The maximum Gasteiger partial charge on any atom is 0.354 e. The van der Waals surface area contributed by atoms with Gasteiger partial charge < -0.3 is 5.11 Å². The average Bonchev–Trinajstić information content (AvgIpc) is 2.49. The molecule has 0 unspecified atom stereocenters. The number of halogens is 1. The Hall–Kier alpha value is -2.27. The Morgan fingerprint density at radius 1 is 1.14 bits per heavy atom. The minimum atomic E-state index is -1.02. The van der Waals surface area contributed by atoms with Gasteiger partial charge in [-0.1, -0.05) is 40.2 Å². The molecule has 1 heterocycles. The van der Waals surface area contributed by atoms with Crippen molar-refractivity contribution >= 4 is 32.7 Å². The Morgan fingerprint density at radius 2 is 1.86 bits per heavy atom. The Bertz CT molecular complexity index is 878. The van der Waals surface area contributed by atoms with Crippen LogP contribution in [0.2, 0.25) is 0 Å². The molecule has 1 N–H and O–H groups in total. The molecule has 0 saturated heterocycles. The Balaban J connectivity index is 1.98. The lowest BCUT2D eigenvalue weighted by molar-refractivity contribution is 0.0689. The number of carbonyl (C=O) groups is 1. The molecular weight excluding hydrogens is 344 g/mol. The Kier molecular flexibility index (Phi) is 3.90. The molecule has 0 aliphatic carbocycles. The molecular formula is C17H13BrN2O2. The van der Waals surface area contributed by atoms with Crippen LogP contribution in [0.5, 0.6) is 0 Å². The number of carboxylic acid groups (broad SMARTS) is 1. The van der Waals surface area contributed by atoms with Crippen LogP contribution < -0.4 is 0 Å². The molecule has 22 heavy (non-hydrogen) atoms. The number of hydrogen-bond donors (Lipinski definition) is 1. The predicted octanol–water partition coefficient (Wildman–Crippen LogP) is 3.99. The summed E-state index contributed by atoms with van der Waals surface area (Å²) in [4.78, 5) is 19.2. The number of rotatable bonds is 3. The fourth-order valence-electron chi connectivity index (χ4n) is 2.45. The summed E-state index contributed by atoms with van der Waals surface area (Å²) in [5, 5.41) is 11.4. The normalized spacial score (nSPS) is 10.8. The Labute approximate surface area is 136 Å². The molecule has 0 aliphatic rings. The number of aromatic carboxylic acids is 1. The third-order valence-electron chi connectivity index (χ3n) is 3.63. The number of nitrogens with zero attached hydrogens (tertiary/aromatic N) is 2. The fourth-order valence-corrected chi connectivity index (χ4v) is 2.83. The van der Waals surface area contributed by atoms with Gasteiger partial charge >= 0.3 is 5.97 Å². The second-order valence-corrected chi connectivity index (χ2v) is 6.02. The molecule has 0 atom stereocenters. The molecule has 0 spiro atoms. The van der Waals surface area contributed by atoms with E-state index in [1.54, 1.807) is 6.92 Å². The van der Waals surface area contributed by atoms with Crippen molar-refractivity contribution in [3.05, 3.63) is 69.7 Å². The molecule has 2 aromatic carbocycles. The largest absolute Gasteiger partial charge is 0.477 e. The lowest BCUT2D eigenvalue weighted by Crippen LogP contribution is -2.08. The van der Waals surface area contributed by atoms with E-state index >= 15 is 0 Å². The van der Waals surface area contributed by atoms with Gasteiger partial charge in [0.05, 0.1) is 5.69 Å². The lowest BCUT2D eigenvalue weighted by Gasteiger charge is -2.08. The number of aromatic nitrogens is 2. The van der Waals surface area contributed by atoms with Crippen molar-refractivity contribution in [3.63, 3.8) is 0 Å². The predicted molar refractivity (Wildman–Crippen MR) is 88.2 cm³/mol. The zero-order chi connectivity index (χ0) is 15.7. The van der Waals surface area contributed by atoms with E-state index in [1.165, 1.54) is 6.33 Å². The van der Waals surface area contributed by atoms with E-state index in [-0.39, 0.29) is 5.69 Å². The standard InChI is InChI=1S/C17H13BrN2O2/c1-10-15(19-9-20-16(10)17(21)22)7-11-2-3-13-8-14(18)5-4-12(13)6-11/h2-6,8-9H,7H2,1H3,(H,21,22). The van der Waals surface area contributed by atoms with Gasteiger partial charge in [-0.15, -0.1) is 0 Å². The van der Waals surface area contributed by atoms with Gasteiger partial charge in [-0.05, 0) is 35.4 Å². The van der Waals surface area contributed by atoms with Crippen molar-refractivity contribution in [3.8, 4) is 0 Å². The van der Waals surface area contributed by atoms with Crippen LogP contribution in [0.15, 0.2) is 47.2 Å². The average molecular weight is 357 g/mol. The number of benzene rings is 2. The lowest BCUT2D eigenvalue weighted by atomic mass is 10.0. The van der Waals surface area contributed by atoms with Gasteiger partial charge in [0.25, 0.3) is 0 Å². The molecule has 0 aliphatic heterocycles. The summed E-state index contributed by atoms with van der Waals surface area (Å²) < 4.78 is 1.05. The van der Waals surface area contributed by atoms with Crippen molar-refractivity contribution in [1.29, 1.82) is 0 Å². The fraction of sp³-hybridized carbons (Fsp3) is 0.118. The third kappa shape index (κ3) is 2.85. The van der Waals surface area contributed by atoms with Crippen LogP contribution >= 0.6 is 15.9 Å². The molecule has 0 amide bonds. The third-order valence-corrected chi connectivity index (χ3v) is 4.12. The maximum absolute atomic E-state index is 11.1. The van der Waals surface area contributed by atoms with Crippen LogP contribution in [0.25, 0.3) is 10.8 Å². The van der Waals surface area contributed by atoms with Crippen molar-refractivity contribution in [2.75, 3.05) is 0 Å². The summed E-state index contributed by atoms with van der Waals surface area (Å²) in [6.07, 6.45) is 1.89. The van der Waals surface area contributed by atoms with E-state index < -0.39 is 5.97 Å². The molecule has 110 valence electrons. The first-order chi connectivity index (χ1) is 10.5. The first kappa shape index (κ1) is 14.7. The van der Waals surface area contributed by atoms with Gasteiger partial charge in [0.15, 0.2) is 5.69 Å². The van der Waals surface area contributed by atoms with E-state index in [9.17, 15) is 4.79 Å². The first-order valence-corrected chi connectivity index (χ1v) is 7.56. The van der Waals surface area contributed by atoms with Crippen molar-refractivity contribution < 1.29 is 9.90 Å². The number of fused-ring (bicyclic) bond motifs is 1. The monoisotopic (exact) mass is 356 g/mol. The highest BCUT2D eigenvalue weighted by atomic mass is 79.9. The van der Waals surface area contributed by atoms with E-state index in [0.717, 1.165) is 26.5 Å². The molecule has 1 aromatic heterocycles. The molecule has 0 radical (unpaired) electrons. The van der Waals surface area contributed by atoms with Crippen LogP contribution in [0.4, 0.5) is 0 Å². The number of hydrogen-bond acceptors (Lipinski definition) is 3. The SMILES string of the molecule is Cc1c(Cc2ccc3cc(Br)ccc3c2)ncnc1C(=O)O. The zero-order valence-corrected chi connectivity index (χ0v) is 13.5. The van der Waals surface area contributed by atoms with Gasteiger partial charge in [-0.25, -0.2) is 14.8 Å². The quantitative estimate of drug-likeness (QED) is 0.770. The molecule has 3 aromatic rings. The highest BCUT2D eigenvalue weighted by Gasteiger charge is 2.13. The first-order valence-electron chi connectivity index (χ1n) is 6.76. The van der Waals surface area contributed by atoms with Gasteiger partial charge in [-0.3, -0.25) is 0 Å². The maximum atomic E-state index is 11.1. The number of carboxylic acids is 1. The highest BCUT2D eigenvalue weighted by Crippen LogP contribution is 2.22. The van der Waals surface area contributed by atoms with E-state index in [4.69, 9.17) is 5.11 Å². The molecule has 5 heteroatoms. The highest BCUT2D eigenvalue weighted by molar-refractivity contribution is 9.10. The van der Waals surface area contributed by atoms with Crippen LogP contribution in [-0.2, 0) is 6.42 Å². The Morgan fingerprint density at radius 3 is 2.64 bits per heavy atom. The summed E-state index contributed by atoms with van der Waals surface area (Å²) in [6, 6.07) is 12.3. The van der Waals surface area contributed by atoms with E-state index in [0.29, 0.717) is 12.0 Å². The van der Waals surface area contributed by atoms with E-state index in [2.05, 4.69) is 50.2 Å². The minimum Gasteiger partial charge on any atom is -0.477 e. The second-order valence-electron chi connectivity index (χ2n) is 5.10. The van der Waals surface area contributed by atoms with Crippen LogP contribution in [-0.4, -0.2) is 21.0 Å². The molecule has 4 nitrogen and oxygen atoms in total. The minimum absolute atomic E-state index is 0.0646. The summed E-state index contributed by atoms with van der Waals surface area (Å²) in [7, 11) is 0. The van der Waals surface area contributed by atoms with Gasteiger partial charge in [0.1, 0.15) is 6.33 Å².